The highest BCUT2D eigenvalue weighted by Gasteiger charge is 2.06. The van der Waals surface area contributed by atoms with E-state index in [0.717, 1.165) is 0 Å². The van der Waals surface area contributed by atoms with Crippen LogP contribution in [0.5, 0.6) is 5.75 Å². The number of methoxy groups -OCH3 is 1. The average Bonchev–Trinajstić information content (AvgIpc) is 2.17. The van der Waals surface area contributed by atoms with Crippen LogP contribution in [0.4, 0.5) is 0 Å². The molecule has 1 atom stereocenters. The molecule has 4 heteroatoms. The van der Waals surface area contributed by atoms with E-state index in [0.29, 0.717) is 11.3 Å². The molecule has 76 valence electrons. The summed E-state index contributed by atoms with van der Waals surface area (Å²) in [5.74, 6) is 0.459. The summed E-state index contributed by atoms with van der Waals surface area (Å²) in [5.41, 5.74) is 5.98. The fourth-order valence-corrected chi connectivity index (χ4v) is 1.05. The topological polar surface area (TPSA) is 64.3 Å². The van der Waals surface area contributed by atoms with E-state index in [4.69, 9.17) is 10.5 Å². The Hall–Kier alpha value is -1.55. The van der Waals surface area contributed by atoms with Crippen molar-refractivity contribution in [3.05, 3.63) is 29.8 Å². The van der Waals surface area contributed by atoms with E-state index in [1.165, 1.54) is 0 Å². The van der Waals surface area contributed by atoms with Gasteiger partial charge in [-0.3, -0.25) is 4.79 Å². The van der Waals surface area contributed by atoms with Crippen molar-refractivity contribution in [1.29, 1.82) is 0 Å². The van der Waals surface area contributed by atoms with Gasteiger partial charge in [0.1, 0.15) is 5.75 Å². The second kappa shape index (κ2) is 4.62. The van der Waals surface area contributed by atoms with Gasteiger partial charge in [-0.1, -0.05) is 6.07 Å². The molecule has 14 heavy (non-hydrogen) atoms. The molecule has 0 aliphatic rings. The number of nitrogens with one attached hydrogen (secondary N) is 1. The van der Waals surface area contributed by atoms with Crippen molar-refractivity contribution in [1.82, 2.24) is 5.32 Å². The fourth-order valence-electron chi connectivity index (χ4n) is 1.05. The lowest BCUT2D eigenvalue weighted by atomic mass is 10.2. The number of hydrogen-bond acceptors (Lipinski definition) is 3. The van der Waals surface area contributed by atoms with Crippen molar-refractivity contribution in [3.63, 3.8) is 0 Å². The van der Waals surface area contributed by atoms with E-state index in [9.17, 15) is 4.79 Å². The summed E-state index contributed by atoms with van der Waals surface area (Å²) in [5, 5.41) is 2.59. The Bertz CT molecular complexity index is 324. The molecule has 4 nitrogen and oxygen atoms in total. The minimum absolute atomic E-state index is 0.195. The Kier molecular flexibility index (Phi) is 3.48. The van der Waals surface area contributed by atoms with Gasteiger partial charge in [0, 0.05) is 5.56 Å². The molecule has 1 rings (SSSR count). The quantitative estimate of drug-likeness (QED) is 0.697. The molecule has 0 aliphatic carbocycles. The third kappa shape index (κ3) is 2.74. The molecule has 1 aromatic rings. The maximum Gasteiger partial charge on any atom is 0.252 e. The van der Waals surface area contributed by atoms with E-state index < -0.39 is 0 Å². The first-order valence-corrected chi connectivity index (χ1v) is 4.34. The molecule has 1 aromatic carbocycles. The molecule has 0 spiro atoms. The number of nitrogens with two attached hydrogens (primary N) is 1. The van der Waals surface area contributed by atoms with E-state index in [2.05, 4.69) is 5.32 Å². The predicted molar refractivity (Wildman–Crippen MR) is 54.1 cm³/mol. The third-order valence-corrected chi connectivity index (χ3v) is 1.69. The van der Waals surface area contributed by atoms with Crippen molar-refractivity contribution in [3.8, 4) is 5.75 Å². The molecular weight excluding hydrogens is 180 g/mol. The number of amides is 1. The number of rotatable bonds is 3. The van der Waals surface area contributed by atoms with Crippen LogP contribution < -0.4 is 15.8 Å². The van der Waals surface area contributed by atoms with Gasteiger partial charge in [-0.2, -0.15) is 0 Å². The van der Waals surface area contributed by atoms with Crippen LogP contribution in [0.15, 0.2) is 24.3 Å². The van der Waals surface area contributed by atoms with Crippen molar-refractivity contribution >= 4 is 5.91 Å². The zero-order valence-electron chi connectivity index (χ0n) is 8.28. The summed E-state index contributed by atoms with van der Waals surface area (Å²) in [4.78, 5) is 11.5. The molecule has 3 N–H and O–H groups in total. The summed E-state index contributed by atoms with van der Waals surface area (Å²) < 4.78 is 5.00. The van der Waals surface area contributed by atoms with Crippen LogP contribution in [0.1, 0.15) is 17.3 Å². The standard InChI is InChI=1S/C10H14N2O2/c1-7(11)12-10(13)8-4-3-5-9(6-8)14-2/h3-7H,11H2,1-2H3,(H,12,13). The first-order chi connectivity index (χ1) is 6.63. The van der Waals surface area contributed by atoms with Gasteiger partial charge in [0.2, 0.25) is 0 Å². The number of benzene rings is 1. The normalized spacial score (nSPS) is 11.9. The molecule has 0 radical (unpaired) electrons. The average molecular weight is 194 g/mol. The first kappa shape index (κ1) is 10.5. The van der Waals surface area contributed by atoms with E-state index >= 15 is 0 Å². The first-order valence-electron chi connectivity index (χ1n) is 4.34. The summed E-state index contributed by atoms with van der Waals surface area (Å²) in [6.07, 6.45) is -0.353. The zero-order chi connectivity index (χ0) is 10.6. The molecule has 1 amide bonds. The molecule has 0 saturated carbocycles. The number of carbonyl (C=O) groups excluding carboxylic acids is 1. The van der Waals surface area contributed by atoms with Crippen molar-refractivity contribution in [2.24, 2.45) is 5.73 Å². The van der Waals surface area contributed by atoms with E-state index in [1.807, 2.05) is 0 Å². The minimum atomic E-state index is -0.353. The van der Waals surface area contributed by atoms with Crippen molar-refractivity contribution in [2.75, 3.05) is 7.11 Å². The molecule has 0 aromatic heterocycles. The summed E-state index contributed by atoms with van der Waals surface area (Å²) >= 11 is 0. The number of carbonyl (C=O) groups is 1. The van der Waals surface area contributed by atoms with Crippen molar-refractivity contribution < 1.29 is 9.53 Å². The summed E-state index contributed by atoms with van der Waals surface area (Å²) in [6, 6.07) is 6.91. The fraction of sp³-hybridized carbons (Fsp3) is 0.300. The molecule has 0 bridgehead atoms. The second-order valence-corrected chi connectivity index (χ2v) is 2.99. The van der Waals surface area contributed by atoms with Crippen molar-refractivity contribution in [2.45, 2.75) is 13.1 Å². The van der Waals surface area contributed by atoms with Crippen LogP contribution in [0.2, 0.25) is 0 Å². The minimum Gasteiger partial charge on any atom is -0.497 e. The molecule has 0 heterocycles. The van der Waals surface area contributed by atoms with Gasteiger partial charge in [0.25, 0.3) is 5.91 Å². The van der Waals surface area contributed by atoms with Gasteiger partial charge in [-0.25, -0.2) is 0 Å². The Morgan fingerprint density at radius 1 is 1.57 bits per heavy atom. The van der Waals surface area contributed by atoms with Gasteiger partial charge in [-0.15, -0.1) is 0 Å². The molecule has 0 fully saturated rings. The monoisotopic (exact) mass is 194 g/mol. The number of ether oxygens (including phenoxy) is 1. The Balaban J connectivity index is 2.79. The molecule has 0 aliphatic heterocycles. The molecule has 1 unspecified atom stereocenters. The maximum atomic E-state index is 11.5. The highest BCUT2D eigenvalue weighted by Crippen LogP contribution is 2.12. The number of hydrogen-bond donors (Lipinski definition) is 2. The SMILES string of the molecule is COc1cccc(C(=O)NC(C)N)c1. The van der Waals surface area contributed by atoms with Crippen LogP contribution in [0, 0.1) is 0 Å². The molecular formula is C10H14N2O2. The van der Waals surface area contributed by atoms with Gasteiger partial charge in [0.05, 0.1) is 13.3 Å². The van der Waals surface area contributed by atoms with E-state index in [-0.39, 0.29) is 12.1 Å². The Labute approximate surface area is 83.1 Å². The smallest absolute Gasteiger partial charge is 0.252 e. The molecule has 0 saturated heterocycles. The van der Waals surface area contributed by atoms with Crippen LogP contribution in [0.25, 0.3) is 0 Å². The predicted octanol–water partition coefficient (Wildman–Crippen LogP) is 0.730. The highest BCUT2D eigenvalue weighted by molar-refractivity contribution is 5.94. The third-order valence-electron chi connectivity index (χ3n) is 1.69. The van der Waals surface area contributed by atoms with Crippen LogP contribution >= 0.6 is 0 Å². The lowest BCUT2D eigenvalue weighted by molar-refractivity contribution is 0.0941. The van der Waals surface area contributed by atoms with Gasteiger partial charge in [0.15, 0.2) is 0 Å². The van der Waals surface area contributed by atoms with Crippen LogP contribution in [-0.2, 0) is 0 Å². The van der Waals surface area contributed by atoms with Gasteiger partial charge in [-0.05, 0) is 25.1 Å². The summed E-state index contributed by atoms with van der Waals surface area (Å²) in [6.45, 7) is 1.71. The van der Waals surface area contributed by atoms with Crippen LogP contribution in [0.3, 0.4) is 0 Å². The summed E-state index contributed by atoms with van der Waals surface area (Å²) in [7, 11) is 1.56. The Morgan fingerprint density at radius 2 is 2.29 bits per heavy atom. The lowest BCUT2D eigenvalue weighted by Gasteiger charge is -2.08. The van der Waals surface area contributed by atoms with E-state index in [1.54, 1.807) is 38.3 Å². The largest absolute Gasteiger partial charge is 0.497 e. The van der Waals surface area contributed by atoms with Crippen LogP contribution in [-0.4, -0.2) is 19.2 Å². The van der Waals surface area contributed by atoms with Gasteiger partial charge >= 0.3 is 0 Å². The van der Waals surface area contributed by atoms with Gasteiger partial charge < -0.3 is 15.8 Å². The Morgan fingerprint density at radius 3 is 2.86 bits per heavy atom. The lowest BCUT2D eigenvalue weighted by Crippen LogP contribution is -2.38. The highest BCUT2D eigenvalue weighted by atomic mass is 16.5. The zero-order valence-corrected chi connectivity index (χ0v) is 8.28. The maximum absolute atomic E-state index is 11.5. The second-order valence-electron chi connectivity index (χ2n) is 2.99.